The van der Waals surface area contributed by atoms with E-state index in [0.717, 1.165) is 5.56 Å². The molecule has 2 N–H and O–H groups in total. The second kappa shape index (κ2) is 7.36. The van der Waals surface area contributed by atoms with E-state index in [0.29, 0.717) is 55.0 Å². The normalized spacial score (nSPS) is 14.4. The number of morpholine rings is 1. The van der Waals surface area contributed by atoms with Gasteiger partial charge in [0, 0.05) is 18.7 Å². The van der Waals surface area contributed by atoms with Gasteiger partial charge in [-0.25, -0.2) is 0 Å². The summed E-state index contributed by atoms with van der Waals surface area (Å²) in [5, 5.41) is 19.3. The molecule has 0 bridgehead atoms. The van der Waals surface area contributed by atoms with Crippen LogP contribution in [0.5, 0.6) is 0 Å². The molecule has 1 aromatic carbocycles. The van der Waals surface area contributed by atoms with Crippen LogP contribution in [0.3, 0.4) is 0 Å². The molecule has 0 aliphatic carbocycles. The van der Waals surface area contributed by atoms with E-state index in [1.165, 1.54) is 0 Å². The Bertz CT molecular complexity index is 800. The average molecular weight is 339 g/mol. The number of aromatic amines is 1. The number of hydrogen-bond donors (Lipinski definition) is 2. The number of aromatic nitrogens is 2. The van der Waals surface area contributed by atoms with Crippen molar-refractivity contribution in [1.29, 1.82) is 5.26 Å². The van der Waals surface area contributed by atoms with Gasteiger partial charge in [0.1, 0.15) is 17.5 Å². The van der Waals surface area contributed by atoms with Crippen molar-refractivity contribution in [3.8, 4) is 6.07 Å². The lowest BCUT2D eigenvalue weighted by atomic mass is 10.0. The number of nitrogens with zero attached hydrogens (tertiary/aromatic N) is 3. The lowest BCUT2D eigenvalue weighted by Gasteiger charge is -2.26. The van der Waals surface area contributed by atoms with Crippen LogP contribution in [0.15, 0.2) is 24.3 Å². The highest BCUT2D eigenvalue weighted by Gasteiger charge is 2.22. The third kappa shape index (κ3) is 3.64. The number of carbonyl (C=O) groups is 1. The van der Waals surface area contributed by atoms with E-state index in [-0.39, 0.29) is 5.91 Å². The maximum Gasteiger partial charge on any atom is 0.256 e. The van der Waals surface area contributed by atoms with Gasteiger partial charge in [-0.2, -0.15) is 10.4 Å². The van der Waals surface area contributed by atoms with E-state index in [1.807, 2.05) is 23.1 Å². The van der Waals surface area contributed by atoms with Crippen molar-refractivity contribution in [2.24, 2.45) is 0 Å². The monoisotopic (exact) mass is 339 g/mol. The third-order valence-electron chi connectivity index (χ3n) is 4.22. The van der Waals surface area contributed by atoms with Crippen LogP contribution >= 0.6 is 0 Å². The number of nitriles is 1. The molecule has 2 heterocycles. The second-order valence-electron chi connectivity index (χ2n) is 6.24. The van der Waals surface area contributed by atoms with Crippen molar-refractivity contribution < 1.29 is 9.53 Å². The highest BCUT2D eigenvalue weighted by molar-refractivity contribution is 6.04. The molecule has 3 rings (SSSR count). The Morgan fingerprint density at radius 3 is 2.84 bits per heavy atom. The molecule has 130 valence electrons. The van der Waals surface area contributed by atoms with E-state index in [9.17, 15) is 10.1 Å². The SMILES string of the molecule is CC(C)c1cccc(C(=O)Nc2[nH]nc(N3CCOCC3)c2C#N)c1. The van der Waals surface area contributed by atoms with Crippen molar-refractivity contribution in [2.75, 3.05) is 36.5 Å². The molecule has 1 aliphatic rings. The average Bonchev–Trinajstić information content (AvgIpc) is 3.05. The number of ether oxygens (including phenoxy) is 1. The zero-order chi connectivity index (χ0) is 17.8. The van der Waals surface area contributed by atoms with E-state index in [2.05, 4.69) is 35.4 Å². The molecule has 2 aromatic rings. The Hall–Kier alpha value is -2.85. The minimum atomic E-state index is -0.267. The third-order valence-corrected chi connectivity index (χ3v) is 4.22. The van der Waals surface area contributed by atoms with Gasteiger partial charge in [0.2, 0.25) is 0 Å². The van der Waals surface area contributed by atoms with Crippen LogP contribution in [-0.2, 0) is 4.74 Å². The van der Waals surface area contributed by atoms with E-state index < -0.39 is 0 Å². The molecular weight excluding hydrogens is 318 g/mol. The van der Waals surface area contributed by atoms with Gasteiger partial charge in [0.15, 0.2) is 5.82 Å². The first kappa shape index (κ1) is 17.0. The molecule has 7 nitrogen and oxygen atoms in total. The lowest BCUT2D eigenvalue weighted by molar-refractivity contribution is 0.102. The second-order valence-corrected chi connectivity index (χ2v) is 6.24. The van der Waals surface area contributed by atoms with Crippen LogP contribution in [-0.4, -0.2) is 42.4 Å². The zero-order valence-electron chi connectivity index (χ0n) is 14.4. The van der Waals surface area contributed by atoms with Crippen molar-refractivity contribution in [2.45, 2.75) is 19.8 Å². The standard InChI is InChI=1S/C18H21N5O2/c1-12(2)13-4-3-5-14(10-13)18(24)20-16-15(11-19)17(22-21-16)23-6-8-25-9-7-23/h3-5,10,12H,6-9H2,1-2H3,(H2,20,21,22,24). The number of carbonyl (C=O) groups excluding carboxylic acids is 1. The molecule has 1 saturated heterocycles. The highest BCUT2D eigenvalue weighted by atomic mass is 16.5. The van der Waals surface area contributed by atoms with E-state index in [1.54, 1.807) is 6.07 Å². The first-order valence-electron chi connectivity index (χ1n) is 8.32. The number of hydrogen-bond acceptors (Lipinski definition) is 5. The summed E-state index contributed by atoms with van der Waals surface area (Å²) < 4.78 is 5.32. The molecular formula is C18H21N5O2. The molecule has 0 radical (unpaired) electrons. The molecule has 1 fully saturated rings. The first-order valence-corrected chi connectivity index (χ1v) is 8.32. The maximum atomic E-state index is 12.5. The molecule has 0 unspecified atom stereocenters. The van der Waals surface area contributed by atoms with Crippen molar-refractivity contribution in [1.82, 2.24) is 10.2 Å². The van der Waals surface area contributed by atoms with Gasteiger partial charge in [-0.1, -0.05) is 26.0 Å². The van der Waals surface area contributed by atoms with Crippen molar-refractivity contribution in [3.05, 3.63) is 41.0 Å². The summed E-state index contributed by atoms with van der Waals surface area (Å²) in [7, 11) is 0. The Morgan fingerprint density at radius 1 is 1.40 bits per heavy atom. The van der Waals surface area contributed by atoms with Gasteiger partial charge in [0.25, 0.3) is 5.91 Å². The van der Waals surface area contributed by atoms with Crippen LogP contribution in [0, 0.1) is 11.3 Å². The van der Waals surface area contributed by atoms with Crippen LogP contribution in [0.2, 0.25) is 0 Å². The fourth-order valence-electron chi connectivity index (χ4n) is 2.76. The molecule has 1 aliphatic heterocycles. The Labute approximate surface area is 146 Å². The lowest BCUT2D eigenvalue weighted by Crippen LogP contribution is -2.36. The number of nitrogens with one attached hydrogen (secondary N) is 2. The molecule has 0 atom stereocenters. The summed E-state index contributed by atoms with van der Waals surface area (Å²) in [6.07, 6.45) is 0. The van der Waals surface area contributed by atoms with Gasteiger partial charge in [0.05, 0.1) is 13.2 Å². The fourth-order valence-corrected chi connectivity index (χ4v) is 2.76. The Balaban J connectivity index is 1.81. The van der Waals surface area contributed by atoms with Gasteiger partial charge in [-0.15, -0.1) is 0 Å². The largest absolute Gasteiger partial charge is 0.378 e. The summed E-state index contributed by atoms with van der Waals surface area (Å²) in [6.45, 7) is 6.69. The number of anilines is 2. The first-order chi connectivity index (χ1) is 12.1. The van der Waals surface area contributed by atoms with Crippen molar-refractivity contribution in [3.63, 3.8) is 0 Å². The summed E-state index contributed by atoms with van der Waals surface area (Å²) in [5.74, 6) is 0.944. The number of rotatable bonds is 4. The zero-order valence-corrected chi connectivity index (χ0v) is 14.4. The molecule has 7 heteroatoms. The Kier molecular flexibility index (Phi) is 5.00. The van der Waals surface area contributed by atoms with Gasteiger partial charge in [-0.05, 0) is 23.6 Å². The maximum absolute atomic E-state index is 12.5. The van der Waals surface area contributed by atoms with E-state index in [4.69, 9.17) is 4.74 Å². The topological polar surface area (TPSA) is 94.0 Å². The molecule has 25 heavy (non-hydrogen) atoms. The quantitative estimate of drug-likeness (QED) is 0.892. The van der Waals surface area contributed by atoms with Crippen LogP contribution in [0.1, 0.15) is 41.3 Å². The van der Waals surface area contributed by atoms with Crippen molar-refractivity contribution >= 4 is 17.5 Å². The Morgan fingerprint density at radius 2 is 2.16 bits per heavy atom. The van der Waals surface area contributed by atoms with Gasteiger partial charge >= 0.3 is 0 Å². The van der Waals surface area contributed by atoms with Gasteiger partial charge in [-0.3, -0.25) is 9.89 Å². The minimum absolute atomic E-state index is 0.267. The molecule has 0 saturated carbocycles. The van der Waals surface area contributed by atoms with E-state index >= 15 is 0 Å². The highest BCUT2D eigenvalue weighted by Crippen LogP contribution is 2.25. The predicted octanol–water partition coefficient (Wildman–Crippen LogP) is 2.49. The summed E-state index contributed by atoms with van der Waals surface area (Å²) in [6, 6.07) is 9.62. The number of amides is 1. The smallest absolute Gasteiger partial charge is 0.256 e. The molecule has 1 aromatic heterocycles. The minimum Gasteiger partial charge on any atom is -0.378 e. The molecule has 1 amide bonds. The van der Waals surface area contributed by atoms with Crippen LogP contribution < -0.4 is 10.2 Å². The van der Waals surface area contributed by atoms with Crippen LogP contribution in [0.4, 0.5) is 11.6 Å². The van der Waals surface area contributed by atoms with Gasteiger partial charge < -0.3 is 15.0 Å². The summed E-state index contributed by atoms with van der Waals surface area (Å²) in [5.41, 5.74) is 1.99. The fraction of sp³-hybridized carbons (Fsp3) is 0.389. The predicted molar refractivity (Wildman–Crippen MR) is 94.8 cm³/mol. The summed E-state index contributed by atoms with van der Waals surface area (Å²) >= 11 is 0. The summed E-state index contributed by atoms with van der Waals surface area (Å²) in [4.78, 5) is 14.5. The molecule has 0 spiro atoms. The number of H-pyrrole nitrogens is 1. The number of benzene rings is 1. The van der Waals surface area contributed by atoms with Crippen LogP contribution in [0.25, 0.3) is 0 Å².